The van der Waals surface area contributed by atoms with E-state index in [1.54, 1.807) is 4.57 Å². The zero-order valence-corrected chi connectivity index (χ0v) is 9.89. The molecule has 1 aromatic heterocycles. The Morgan fingerprint density at radius 3 is 2.71 bits per heavy atom. The summed E-state index contributed by atoms with van der Waals surface area (Å²) in [4.78, 5) is 15.3. The summed E-state index contributed by atoms with van der Waals surface area (Å²) in [6.07, 6.45) is 3.03. The van der Waals surface area contributed by atoms with Crippen LogP contribution in [0.15, 0.2) is 47.7 Å². The molecule has 88 valence electrons. The maximum absolute atomic E-state index is 11.4. The van der Waals surface area contributed by atoms with Gasteiger partial charge in [-0.25, -0.2) is 4.98 Å². The van der Waals surface area contributed by atoms with Gasteiger partial charge in [0.15, 0.2) is 0 Å². The molecule has 17 heavy (non-hydrogen) atoms. The molecule has 1 N–H and O–H groups in total. The first-order chi connectivity index (χ1) is 8.25. The molecule has 0 aliphatic carbocycles. The Balaban J connectivity index is 1.90. The quantitative estimate of drug-likeness (QED) is 0.902. The molecule has 4 nitrogen and oxygen atoms in total. The maximum Gasteiger partial charge on any atom is 0.253 e. The Labute approximate surface area is 104 Å². The minimum absolute atomic E-state index is 0.0436. The topological polar surface area (TPSA) is 46.9 Å². The molecule has 0 atom stereocenters. The van der Waals surface area contributed by atoms with E-state index in [0.29, 0.717) is 18.1 Å². The minimum atomic E-state index is -0.0436. The van der Waals surface area contributed by atoms with Crippen molar-refractivity contribution < 1.29 is 0 Å². The molecule has 1 heterocycles. The molecule has 0 aliphatic heterocycles. The van der Waals surface area contributed by atoms with Gasteiger partial charge in [-0.3, -0.25) is 9.36 Å². The Morgan fingerprint density at radius 1 is 1.24 bits per heavy atom. The molecule has 0 bridgehead atoms. The van der Waals surface area contributed by atoms with Crippen molar-refractivity contribution in [3.8, 4) is 0 Å². The lowest BCUT2D eigenvalue weighted by Gasteiger charge is -2.07. The average Bonchev–Trinajstić information content (AvgIpc) is 2.34. The molecule has 2 rings (SSSR count). The molecular formula is C12H12ClN3O. The van der Waals surface area contributed by atoms with E-state index in [1.165, 1.54) is 18.6 Å². The molecule has 2 aromatic rings. The Hall–Kier alpha value is -1.81. The van der Waals surface area contributed by atoms with Crippen molar-refractivity contribution in [2.45, 2.75) is 6.54 Å². The molecule has 1 aromatic carbocycles. The van der Waals surface area contributed by atoms with Crippen LogP contribution in [0.3, 0.4) is 0 Å². The maximum atomic E-state index is 11.4. The number of anilines is 1. The highest BCUT2D eigenvalue weighted by molar-refractivity contribution is 6.30. The monoisotopic (exact) mass is 249 g/mol. The number of hydrogen-bond donors (Lipinski definition) is 1. The van der Waals surface area contributed by atoms with Gasteiger partial charge in [-0.15, -0.1) is 0 Å². The van der Waals surface area contributed by atoms with Gasteiger partial charge in [0.05, 0.1) is 6.33 Å². The Morgan fingerprint density at radius 2 is 2.00 bits per heavy atom. The summed E-state index contributed by atoms with van der Waals surface area (Å²) in [7, 11) is 0. The standard InChI is InChI=1S/C12H12ClN3O/c13-10-1-3-11(4-2-10)15-7-8-16-9-14-6-5-12(16)17/h1-6,9,15H,7-8H2. The van der Waals surface area contributed by atoms with Crippen LogP contribution in [-0.2, 0) is 6.54 Å². The fraction of sp³-hybridized carbons (Fsp3) is 0.167. The van der Waals surface area contributed by atoms with Crippen LogP contribution in [0.25, 0.3) is 0 Å². The summed E-state index contributed by atoms with van der Waals surface area (Å²) in [6, 6.07) is 8.88. The zero-order valence-electron chi connectivity index (χ0n) is 9.14. The highest BCUT2D eigenvalue weighted by Gasteiger charge is 1.95. The number of nitrogens with zero attached hydrogens (tertiary/aromatic N) is 2. The van der Waals surface area contributed by atoms with Gasteiger partial charge >= 0.3 is 0 Å². The van der Waals surface area contributed by atoms with Crippen LogP contribution in [0.2, 0.25) is 5.02 Å². The molecule has 0 radical (unpaired) electrons. The highest BCUT2D eigenvalue weighted by Crippen LogP contribution is 2.12. The number of aromatic nitrogens is 2. The molecule has 0 unspecified atom stereocenters. The zero-order chi connectivity index (χ0) is 12.1. The van der Waals surface area contributed by atoms with Crippen molar-refractivity contribution in [3.05, 3.63) is 58.2 Å². The largest absolute Gasteiger partial charge is 0.383 e. The van der Waals surface area contributed by atoms with Gasteiger partial charge in [0.1, 0.15) is 0 Å². The van der Waals surface area contributed by atoms with Crippen molar-refractivity contribution >= 4 is 17.3 Å². The second kappa shape index (κ2) is 5.50. The Bertz CT molecular complexity index is 536. The van der Waals surface area contributed by atoms with E-state index in [-0.39, 0.29) is 5.56 Å². The number of rotatable bonds is 4. The lowest BCUT2D eigenvalue weighted by atomic mass is 10.3. The minimum Gasteiger partial charge on any atom is -0.383 e. The first-order valence-electron chi connectivity index (χ1n) is 5.25. The van der Waals surface area contributed by atoms with E-state index < -0.39 is 0 Å². The van der Waals surface area contributed by atoms with Gasteiger partial charge in [-0.1, -0.05) is 11.6 Å². The summed E-state index contributed by atoms with van der Waals surface area (Å²) >= 11 is 5.78. The van der Waals surface area contributed by atoms with Crippen LogP contribution >= 0.6 is 11.6 Å². The van der Waals surface area contributed by atoms with Gasteiger partial charge in [0, 0.05) is 36.1 Å². The average molecular weight is 250 g/mol. The third-order valence-corrected chi connectivity index (χ3v) is 2.57. The van der Waals surface area contributed by atoms with Gasteiger partial charge < -0.3 is 5.32 Å². The molecule has 0 amide bonds. The van der Waals surface area contributed by atoms with Gasteiger partial charge in [0.2, 0.25) is 0 Å². The van der Waals surface area contributed by atoms with Crippen LogP contribution in [0, 0.1) is 0 Å². The molecule has 0 saturated heterocycles. The number of nitrogens with one attached hydrogen (secondary N) is 1. The second-order valence-corrected chi connectivity index (χ2v) is 3.98. The number of benzene rings is 1. The van der Waals surface area contributed by atoms with Crippen molar-refractivity contribution in [1.29, 1.82) is 0 Å². The first-order valence-corrected chi connectivity index (χ1v) is 5.63. The first kappa shape index (κ1) is 11.7. The third-order valence-electron chi connectivity index (χ3n) is 2.32. The fourth-order valence-electron chi connectivity index (χ4n) is 1.43. The van der Waals surface area contributed by atoms with Crippen LogP contribution in [0.5, 0.6) is 0 Å². The smallest absolute Gasteiger partial charge is 0.253 e. The van der Waals surface area contributed by atoms with Crippen molar-refractivity contribution in [3.63, 3.8) is 0 Å². The molecular weight excluding hydrogens is 238 g/mol. The molecule has 5 heteroatoms. The lowest BCUT2D eigenvalue weighted by Crippen LogP contribution is -2.22. The fourth-order valence-corrected chi connectivity index (χ4v) is 1.56. The van der Waals surface area contributed by atoms with E-state index in [1.807, 2.05) is 24.3 Å². The van der Waals surface area contributed by atoms with Gasteiger partial charge in [-0.05, 0) is 24.3 Å². The molecule has 0 fully saturated rings. The molecule has 0 spiro atoms. The summed E-state index contributed by atoms with van der Waals surface area (Å²) in [6.45, 7) is 1.24. The van der Waals surface area contributed by atoms with E-state index >= 15 is 0 Å². The Kier molecular flexibility index (Phi) is 3.77. The van der Waals surface area contributed by atoms with Crippen molar-refractivity contribution in [2.24, 2.45) is 0 Å². The van der Waals surface area contributed by atoms with E-state index in [4.69, 9.17) is 11.6 Å². The summed E-state index contributed by atoms with van der Waals surface area (Å²) in [5, 5.41) is 3.91. The lowest BCUT2D eigenvalue weighted by molar-refractivity contribution is 0.680. The van der Waals surface area contributed by atoms with Crippen molar-refractivity contribution in [1.82, 2.24) is 9.55 Å². The summed E-state index contributed by atoms with van der Waals surface area (Å²) < 4.78 is 1.56. The van der Waals surface area contributed by atoms with Crippen LogP contribution < -0.4 is 10.9 Å². The van der Waals surface area contributed by atoms with E-state index in [9.17, 15) is 4.79 Å². The van der Waals surface area contributed by atoms with Gasteiger partial charge in [-0.2, -0.15) is 0 Å². The third kappa shape index (κ3) is 3.32. The van der Waals surface area contributed by atoms with Crippen LogP contribution in [-0.4, -0.2) is 16.1 Å². The van der Waals surface area contributed by atoms with Crippen molar-refractivity contribution in [2.75, 3.05) is 11.9 Å². The summed E-state index contributed by atoms with van der Waals surface area (Å²) in [5.41, 5.74) is 0.934. The second-order valence-electron chi connectivity index (χ2n) is 3.55. The van der Waals surface area contributed by atoms with Crippen LogP contribution in [0.1, 0.15) is 0 Å². The number of hydrogen-bond acceptors (Lipinski definition) is 3. The normalized spacial score (nSPS) is 10.2. The molecule has 0 saturated carbocycles. The van der Waals surface area contributed by atoms with E-state index in [0.717, 1.165) is 5.69 Å². The SMILES string of the molecule is O=c1ccncn1CCNc1ccc(Cl)cc1. The van der Waals surface area contributed by atoms with Gasteiger partial charge in [0.25, 0.3) is 5.56 Å². The predicted molar refractivity (Wildman–Crippen MR) is 68.4 cm³/mol. The number of halogens is 1. The highest BCUT2D eigenvalue weighted by atomic mass is 35.5. The predicted octanol–water partition coefficient (Wildman–Crippen LogP) is 2.01. The van der Waals surface area contributed by atoms with Crippen LogP contribution in [0.4, 0.5) is 5.69 Å². The summed E-state index contributed by atoms with van der Waals surface area (Å²) in [5.74, 6) is 0. The van der Waals surface area contributed by atoms with E-state index in [2.05, 4.69) is 10.3 Å². The molecule has 0 aliphatic rings.